The molecule has 23 heavy (non-hydrogen) atoms. The molecule has 1 N–H and O–H groups in total. The lowest BCUT2D eigenvalue weighted by Crippen LogP contribution is -2.46. The van der Waals surface area contributed by atoms with E-state index >= 15 is 0 Å². The molecule has 3 unspecified atom stereocenters. The first-order chi connectivity index (χ1) is 11.1. The predicted octanol–water partition coefficient (Wildman–Crippen LogP) is 2.50. The summed E-state index contributed by atoms with van der Waals surface area (Å²) < 4.78 is 19.0. The van der Waals surface area contributed by atoms with E-state index in [-0.39, 0.29) is 23.9 Å². The van der Waals surface area contributed by atoms with E-state index in [1.807, 2.05) is 11.8 Å². The average molecular weight is 320 g/mol. The quantitative estimate of drug-likeness (QED) is 0.927. The minimum Gasteiger partial charge on any atom is -0.367 e. The molecule has 4 nitrogen and oxygen atoms in total. The monoisotopic (exact) mass is 320 g/mol. The molecule has 2 aliphatic heterocycles. The van der Waals surface area contributed by atoms with Crippen molar-refractivity contribution in [1.29, 1.82) is 0 Å². The maximum Gasteiger partial charge on any atom is 0.222 e. The van der Waals surface area contributed by atoms with Gasteiger partial charge in [-0.2, -0.15) is 0 Å². The van der Waals surface area contributed by atoms with Crippen LogP contribution in [0, 0.1) is 11.7 Å². The molecule has 1 amide bonds. The van der Waals surface area contributed by atoms with Gasteiger partial charge in [-0.05, 0) is 56.5 Å². The highest BCUT2D eigenvalue weighted by Gasteiger charge is 2.29. The van der Waals surface area contributed by atoms with E-state index in [4.69, 9.17) is 4.74 Å². The number of hydrogen-bond acceptors (Lipinski definition) is 3. The Labute approximate surface area is 137 Å². The van der Waals surface area contributed by atoms with Crippen molar-refractivity contribution < 1.29 is 13.9 Å². The molecular formula is C18H25FN2O2. The minimum absolute atomic E-state index is 0.00380. The number of carbonyl (C=O) groups excluding carboxylic acids is 1. The fraction of sp³-hybridized carbons (Fsp3) is 0.611. The molecule has 126 valence electrons. The Morgan fingerprint density at radius 2 is 2.13 bits per heavy atom. The van der Waals surface area contributed by atoms with Crippen LogP contribution in [-0.4, -0.2) is 43.1 Å². The molecule has 2 saturated heterocycles. The van der Waals surface area contributed by atoms with Crippen LogP contribution in [-0.2, 0) is 9.53 Å². The van der Waals surface area contributed by atoms with Gasteiger partial charge in [-0.3, -0.25) is 4.79 Å². The zero-order valence-electron chi connectivity index (χ0n) is 13.6. The summed E-state index contributed by atoms with van der Waals surface area (Å²) in [5.74, 6) is 0.584. The highest BCUT2D eigenvalue weighted by atomic mass is 19.1. The van der Waals surface area contributed by atoms with Crippen LogP contribution in [0.25, 0.3) is 0 Å². The summed E-state index contributed by atoms with van der Waals surface area (Å²) in [5.41, 5.74) is 0.927. The van der Waals surface area contributed by atoms with E-state index in [1.54, 1.807) is 12.1 Å². The van der Waals surface area contributed by atoms with Crippen molar-refractivity contribution in [2.75, 3.05) is 26.2 Å². The van der Waals surface area contributed by atoms with E-state index in [0.29, 0.717) is 25.4 Å². The third kappa shape index (κ3) is 4.30. The van der Waals surface area contributed by atoms with Crippen molar-refractivity contribution in [3.8, 4) is 0 Å². The van der Waals surface area contributed by atoms with Gasteiger partial charge in [0.15, 0.2) is 0 Å². The van der Waals surface area contributed by atoms with E-state index in [1.165, 1.54) is 18.6 Å². The first-order valence-corrected chi connectivity index (χ1v) is 8.51. The Bertz CT molecular complexity index is 528. The third-order valence-electron chi connectivity index (χ3n) is 4.78. The molecule has 3 rings (SSSR count). The Kier molecular flexibility index (Phi) is 5.28. The van der Waals surface area contributed by atoms with Crippen LogP contribution < -0.4 is 5.32 Å². The third-order valence-corrected chi connectivity index (χ3v) is 4.78. The highest BCUT2D eigenvalue weighted by Crippen LogP contribution is 2.26. The van der Waals surface area contributed by atoms with Crippen molar-refractivity contribution in [1.82, 2.24) is 10.2 Å². The number of morpholine rings is 1. The van der Waals surface area contributed by atoms with Crippen molar-refractivity contribution in [2.45, 2.75) is 38.4 Å². The molecule has 3 atom stereocenters. The second-order valence-corrected chi connectivity index (χ2v) is 6.68. The fourth-order valence-electron chi connectivity index (χ4n) is 3.46. The molecule has 0 saturated carbocycles. The zero-order chi connectivity index (χ0) is 16.2. The van der Waals surface area contributed by atoms with Gasteiger partial charge in [0, 0.05) is 13.0 Å². The number of rotatable bonds is 4. The normalized spacial score (nSPS) is 28.1. The Hall–Kier alpha value is -1.46. The van der Waals surface area contributed by atoms with Gasteiger partial charge < -0.3 is 15.0 Å². The lowest BCUT2D eigenvalue weighted by molar-refractivity contribution is -0.145. The predicted molar refractivity (Wildman–Crippen MR) is 86.5 cm³/mol. The van der Waals surface area contributed by atoms with Gasteiger partial charge in [-0.1, -0.05) is 12.1 Å². The average Bonchev–Trinajstić information content (AvgIpc) is 3.06. The molecule has 5 heteroatoms. The zero-order valence-corrected chi connectivity index (χ0v) is 13.6. The maximum absolute atomic E-state index is 13.1. The summed E-state index contributed by atoms with van der Waals surface area (Å²) in [5, 5.41) is 3.34. The summed E-state index contributed by atoms with van der Waals surface area (Å²) in [6, 6.07) is 6.37. The molecule has 2 aliphatic rings. The standard InChI is InChI=1S/C18H25FN2O2/c1-13-11-21(18(22)7-2-14-8-9-20-10-14)12-17(23-13)15-3-5-16(19)6-4-15/h3-6,13-14,17,20H,2,7-12H2,1H3. The van der Waals surface area contributed by atoms with Gasteiger partial charge in [-0.25, -0.2) is 4.39 Å². The van der Waals surface area contributed by atoms with E-state index < -0.39 is 0 Å². The van der Waals surface area contributed by atoms with E-state index in [2.05, 4.69) is 5.32 Å². The van der Waals surface area contributed by atoms with Crippen molar-refractivity contribution >= 4 is 5.91 Å². The minimum atomic E-state index is -0.254. The molecule has 0 bridgehead atoms. The van der Waals surface area contributed by atoms with E-state index in [9.17, 15) is 9.18 Å². The summed E-state index contributed by atoms with van der Waals surface area (Å²) >= 11 is 0. The van der Waals surface area contributed by atoms with Gasteiger partial charge in [-0.15, -0.1) is 0 Å². The van der Waals surface area contributed by atoms with Gasteiger partial charge in [0.05, 0.1) is 12.6 Å². The molecule has 1 aromatic carbocycles. The van der Waals surface area contributed by atoms with Crippen LogP contribution in [0.2, 0.25) is 0 Å². The molecule has 0 aliphatic carbocycles. The highest BCUT2D eigenvalue weighted by molar-refractivity contribution is 5.76. The summed E-state index contributed by atoms with van der Waals surface area (Å²) in [4.78, 5) is 14.4. The lowest BCUT2D eigenvalue weighted by atomic mass is 10.0. The van der Waals surface area contributed by atoms with Crippen LogP contribution in [0.1, 0.15) is 37.9 Å². The molecule has 1 aromatic rings. The Morgan fingerprint density at radius 3 is 2.83 bits per heavy atom. The van der Waals surface area contributed by atoms with Crippen LogP contribution in [0.4, 0.5) is 4.39 Å². The number of halogens is 1. The number of nitrogens with one attached hydrogen (secondary N) is 1. The Balaban J connectivity index is 1.58. The number of carbonyl (C=O) groups is 1. The molecule has 2 fully saturated rings. The van der Waals surface area contributed by atoms with Crippen LogP contribution in [0.3, 0.4) is 0 Å². The molecule has 0 aromatic heterocycles. The fourth-order valence-corrected chi connectivity index (χ4v) is 3.46. The first-order valence-electron chi connectivity index (χ1n) is 8.51. The number of nitrogens with zero attached hydrogens (tertiary/aromatic N) is 1. The maximum atomic E-state index is 13.1. The lowest BCUT2D eigenvalue weighted by Gasteiger charge is -2.37. The smallest absolute Gasteiger partial charge is 0.222 e. The number of ether oxygens (including phenoxy) is 1. The number of hydrogen-bond donors (Lipinski definition) is 1. The molecule has 0 spiro atoms. The van der Waals surface area contributed by atoms with Crippen LogP contribution in [0.15, 0.2) is 24.3 Å². The number of amides is 1. The van der Waals surface area contributed by atoms with Gasteiger partial charge in [0.1, 0.15) is 11.9 Å². The second kappa shape index (κ2) is 7.41. The van der Waals surface area contributed by atoms with Crippen molar-refractivity contribution in [3.63, 3.8) is 0 Å². The second-order valence-electron chi connectivity index (χ2n) is 6.68. The van der Waals surface area contributed by atoms with Gasteiger partial charge in [0.2, 0.25) is 5.91 Å². The number of benzene rings is 1. The SMILES string of the molecule is CC1CN(C(=O)CCC2CCNC2)CC(c2ccc(F)cc2)O1. The van der Waals surface area contributed by atoms with E-state index in [0.717, 1.165) is 25.1 Å². The molecule has 0 radical (unpaired) electrons. The van der Waals surface area contributed by atoms with Gasteiger partial charge in [0.25, 0.3) is 0 Å². The summed E-state index contributed by atoms with van der Waals surface area (Å²) in [6.45, 7) is 5.28. The first kappa shape index (κ1) is 16.4. The van der Waals surface area contributed by atoms with Crippen LogP contribution in [0.5, 0.6) is 0 Å². The topological polar surface area (TPSA) is 41.6 Å². The Morgan fingerprint density at radius 1 is 1.35 bits per heavy atom. The molecular weight excluding hydrogens is 295 g/mol. The van der Waals surface area contributed by atoms with Crippen molar-refractivity contribution in [2.24, 2.45) is 5.92 Å². The molecule has 2 heterocycles. The summed E-state index contributed by atoms with van der Waals surface area (Å²) in [6.07, 6.45) is 2.56. The van der Waals surface area contributed by atoms with Crippen molar-refractivity contribution in [3.05, 3.63) is 35.6 Å². The van der Waals surface area contributed by atoms with Gasteiger partial charge >= 0.3 is 0 Å². The van der Waals surface area contributed by atoms with Crippen LogP contribution >= 0.6 is 0 Å². The largest absolute Gasteiger partial charge is 0.367 e. The summed E-state index contributed by atoms with van der Waals surface area (Å²) in [7, 11) is 0.